The van der Waals surface area contributed by atoms with Crippen molar-refractivity contribution in [1.82, 2.24) is 9.80 Å². The van der Waals surface area contributed by atoms with Crippen LogP contribution < -0.4 is 0 Å². The van der Waals surface area contributed by atoms with E-state index < -0.39 is 0 Å². The highest BCUT2D eigenvalue weighted by Gasteiger charge is 2.26. The van der Waals surface area contributed by atoms with Gasteiger partial charge in [0.2, 0.25) is 23.6 Å². The molecule has 2 saturated heterocycles. The quantitative estimate of drug-likeness (QED) is 0.671. The molecule has 18 heavy (non-hydrogen) atoms. The van der Waals surface area contributed by atoms with Gasteiger partial charge in [-0.2, -0.15) is 0 Å². The lowest BCUT2D eigenvalue weighted by molar-refractivity contribution is -0.136. The van der Waals surface area contributed by atoms with Crippen molar-refractivity contribution < 1.29 is 19.2 Å². The summed E-state index contributed by atoms with van der Waals surface area (Å²) in [5.74, 6) is -0.574. The van der Waals surface area contributed by atoms with Crippen LogP contribution in [0.25, 0.3) is 0 Å². The van der Waals surface area contributed by atoms with E-state index in [9.17, 15) is 19.2 Å². The molecule has 0 aromatic carbocycles. The summed E-state index contributed by atoms with van der Waals surface area (Å²) in [5, 5.41) is 0. The van der Waals surface area contributed by atoms with E-state index in [0.29, 0.717) is 25.7 Å². The highest BCUT2D eigenvalue weighted by Crippen LogP contribution is 2.11. The van der Waals surface area contributed by atoms with Crippen LogP contribution in [0.15, 0.2) is 25.6 Å². The number of likely N-dealkylation sites (tertiary alicyclic amines) is 2. The molecule has 6 heteroatoms. The van der Waals surface area contributed by atoms with Crippen molar-refractivity contribution in [3.05, 3.63) is 25.6 Å². The van der Waals surface area contributed by atoms with Crippen molar-refractivity contribution >= 4 is 23.6 Å². The number of hydrogen-bond donors (Lipinski definition) is 0. The normalized spacial score (nSPS) is 18.9. The van der Waals surface area contributed by atoms with Gasteiger partial charge in [-0.05, 0) is 0 Å². The van der Waals surface area contributed by atoms with E-state index in [2.05, 4.69) is 13.2 Å². The lowest BCUT2D eigenvalue weighted by Gasteiger charge is -2.03. The Kier molecular flexibility index (Phi) is 4.53. The topological polar surface area (TPSA) is 74.8 Å². The number of hydrogen-bond acceptors (Lipinski definition) is 4. The largest absolute Gasteiger partial charge is 0.274 e. The van der Waals surface area contributed by atoms with E-state index in [0.717, 1.165) is 9.80 Å². The molecular weight excluding hydrogens is 236 g/mol. The summed E-state index contributed by atoms with van der Waals surface area (Å²) < 4.78 is 0. The highest BCUT2D eigenvalue weighted by atomic mass is 16.2. The molecule has 0 saturated carbocycles. The van der Waals surface area contributed by atoms with Crippen LogP contribution in [0, 0.1) is 0 Å². The molecule has 2 rings (SSSR count). The van der Waals surface area contributed by atoms with Crippen LogP contribution in [-0.2, 0) is 19.2 Å². The Hall–Kier alpha value is -2.24. The van der Waals surface area contributed by atoms with Crippen LogP contribution in [0.1, 0.15) is 25.7 Å². The van der Waals surface area contributed by atoms with E-state index in [1.165, 1.54) is 12.4 Å². The summed E-state index contributed by atoms with van der Waals surface area (Å²) in [6.45, 7) is 6.66. The van der Waals surface area contributed by atoms with Crippen molar-refractivity contribution in [2.75, 3.05) is 0 Å². The Morgan fingerprint density at radius 3 is 1.00 bits per heavy atom. The lowest BCUT2D eigenvalue weighted by Crippen LogP contribution is -2.21. The summed E-state index contributed by atoms with van der Waals surface area (Å²) in [4.78, 5) is 44.7. The number of rotatable bonds is 2. The number of carbonyl (C=O) groups is 4. The first-order valence-corrected chi connectivity index (χ1v) is 5.46. The second-order valence-corrected chi connectivity index (χ2v) is 3.68. The van der Waals surface area contributed by atoms with Crippen LogP contribution >= 0.6 is 0 Å². The molecule has 0 aliphatic carbocycles. The predicted octanol–water partition coefficient (Wildman–Crippen LogP) is 0.558. The smallest absolute Gasteiger partial charge is 0.233 e. The molecule has 0 atom stereocenters. The van der Waals surface area contributed by atoms with Gasteiger partial charge in [-0.15, -0.1) is 0 Å². The van der Waals surface area contributed by atoms with E-state index in [1.807, 2.05) is 0 Å². The Labute approximate surface area is 105 Å². The first kappa shape index (κ1) is 13.8. The molecule has 2 fully saturated rings. The molecule has 0 N–H and O–H groups in total. The minimum Gasteiger partial charge on any atom is -0.274 e. The number of imide groups is 2. The lowest BCUT2D eigenvalue weighted by atomic mass is 10.4. The Bertz CT molecular complexity index is 356. The van der Waals surface area contributed by atoms with Gasteiger partial charge >= 0.3 is 0 Å². The number of nitrogens with zero attached hydrogens (tertiary/aromatic N) is 2. The van der Waals surface area contributed by atoms with Crippen molar-refractivity contribution in [3.63, 3.8) is 0 Å². The van der Waals surface area contributed by atoms with E-state index in [-0.39, 0.29) is 23.6 Å². The molecule has 0 unspecified atom stereocenters. The minimum atomic E-state index is -0.144. The number of carbonyl (C=O) groups excluding carboxylic acids is 4. The van der Waals surface area contributed by atoms with Gasteiger partial charge in [-0.3, -0.25) is 29.0 Å². The third kappa shape index (κ3) is 2.91. The molecule has 0 aromatic rings. The molecule has 96 valence electrons. The minimum absolute atomic E-state index is 0.144. The van der Waals surface area contributed by atoms with Gasteiger partial charge in [0.15, 0.2) is 0 Å². The SMILES string of the molecule is C=CN1C(=O)CCC1=O.C=CN1C(=O)CCC1=O. The van der Waals surface area contributed by atoms with Crippen LogP contribution in [0.2, 0.25) is 0 Å². The van der Waals surface area contributed by atoms with Gasteiger partial charge < -0.3 is 0 Å². The van der Waals surface area contributed by atoms with Crippen molar-refractivity contribution in [3.8, 4) is 0 Å². The van der Waals surface area contributed by atoms with Crippen molar-refractivity contribution in [2.45, 2.75) is 25.7 Å². The van der Waals surface area contributed by atoms with Gasteiger partial charge in [0.25, 0.3) is 0 Å². The molecule has 0 radical (unpaired) electrons. The summed E-state index contributed by atoms with van der Waals surface area (Å²) in [5.41, 5.74) is 0. The van der Waals surface area contributed by atoms with Gasteiger partial charge in [-0.1, -0.05) is 13.2 Å². The zero-order valence-electron chi connectivity index (χ0n) is 9.92. The van der Waals surface area contributed by atoms with Gasteiger partial charge in [0, 0.05) is 38.1 Å². The van der Waals surface area contributed by atoms with Crippen molar-refractivity contribution in [1.29, 1.82) is 0 Å². The first-order valence-electron chi connectivity index (χ1n) is 5.46. The molecular formula is C12H14N2O4. The summed E-state index contributed by atoms with van der Waals surface area (Å²) in [6.07, 6.45) is 3.88. The summed E-state index contributed by atoms with van der Waals surface area (Å²) in [6, 6.07) is 0. The third-order valence-electron chi connectivity index (χ3n) is 2.55. The van der Waals surface area contributed by atoms with Gasteiger partial charge in [0.1, 0.15) is 0 Å². The highest BCUT2D eigenvalue weighted by molar-refractivity contribution is 6.03. The van der Waals surface area contributed by atoms with Crippen LogP contribution in [0.3, 0.4) is 0 Å². The zero-order chi connectivity index (χ0) is 13.7. The molecule has 0 aromatic heterocycles. The maximum atomic E-state index is 10.6. The third-order valence-corrected chi connectivity index (χ3v) is 2.55. The monoisotopic (exact) mass is 250 g/mol. The Balaban J connectivity index is 0.000000180. The average molecular weight is 250 g/mol. The van der Waals surface area contributed by atoms with Crippen LogP contribution in [-0.4, -0.2) is 33.4 Å². The van der Waals surface area contributed by atoms with E-state index in [1.54, 1.807) is 0 Å². The Morgan fingerprint density at radius 1 is 0.667 bits per heavy atom. The zero-order valence-corrected chi connectivity index (χ0v) is 9.92. The molecule has 0 bridgehead atoms. The molecule has 4 amide bonds. The van der Waals surface area contributed by atoms with Crippen molar-refractivity contribution in [2.24, 2.45) is 0 Å². The molecule has 2 aliphatic rings. The maximum absolute atomic E-state index is 10.6. The fourth-order valence-electron chi connectivity index (χ4n) is 1.59. The van der Waals surface area contributed by atoms with Crippen LogP contribution in [0.5, 0.6) is 0 Å². The number of amides is 4. The summed E-state index contributed by atoms with van der Waals surface area (Å²) >= 11 is 0. The second-order valence-electron chi connectivity index (χ2n) is 3.68. The second kappa shape index (κ2) is 5.90. The standard InChI is InChI=1S/2C6H7NO2/c2*1-2-7-5(8)3-4-6(7)9/h2*2H,1,3-4H2. The van der Waals surface area contributed by atoms with Gasteiger partial charge in [0.05, 0.1) is 0 Å². The summed E-state index contributed by atoms with van der Waals surface area (Å²) in [7, 11) is 0. The van der Waals surface area contributed by atoms with Gasteiger partial charge in [-0.25, -0.2) is 0 Å². The molecule has 6 nitrogen and oxygen atoms in total. The van der Waals surface area contributed by atoms with E-state index in [4.69, 9.17) is 0 Å². The average Bonchev–Trinajstić information content (AvgIpc) is 2.83. The molecule has 0 spiro atoms. The Morgan fingerprint density at radius 2 is 0.889 bits per heavy atom. The van der Waals surface area contributed by atoms with Crippen LogP contribution in [0.4, 0.5) is 0 Å². The van der Waals surface area contributed by atoms with E-state index >= 15 is 0 Å². The fourth-order valence-corrected chi connectivity index (χ4v) is 1.59. The first-order chi connectivity index (χ1) is 8.51. The fraction of sp³-hybridized carbons (Fsp3) is 0.333. The molecule has 2 aliphatic heterocycles. The maximum Gasteiger partial charge on any atom is 0.233 e. The predicted molar refractivity (Wildman–Crippen MR) is 62.6 cm³/mol. The molecule has 2 heterocycles.